The number of nitrogens with zero attached hydrogens (tertiary/aromatic N) is 3. The molecule has 1 aromatic carbocycles. The number of rotatable bonds is 5. The first kappa shape index (κ1) is 14.3. The summed E-state index contributed by atoms with van der Waals surface area (Å²) in [5.41, 5.74) is 1.65. The molecule has 0 aliphatic carbocycles. The Morgan fingerprint density at radius 2 is 2.11 bits per heavy atom. The Labute approximate surface area is 122 Å². The third kappa shape index (κ3) is 3.93. The van der Waals surface area contributed by atoms with Gasteiger partial charge in [-0.1, -0.05) is 42.3 Å². The van der Waals surface area contributed by atoms with E-state index < -0.39 is 0 Å². The second kappa shape index (κ2) is 6.37. The molecule has 0 unspecified atom stereocenters. The number of aromatic nitrogens is 3. The van der Waals surface area contributed by atoms with Crippen LogP contribution in [0.1, 0.15) is 19.5 Å². The number of hydrogen-bond acceptors (Lipinski definition) is 3. The number of benzene rings is 1. The maximum Gasteiger partial charge on any atom is 0.0969 e. The summed E-state index contributed by atoms with van der Waals surface area (Å²) in [6.07, 6.45) is 1.86. The molecule has 0 saturated heterocycles. The first-order chi connectivity index (χ1) is 9.06. The van der Waals surface area contributed by atoms with Gasteiger partial charge in [-0.2, -0.15) is 0 Å². The molecule has 0 saturated carbocycles. The van der Waals surface area contributed by atoms with Crippen molar-refractivity contribution in [3.8, 4) is 5.69 Å². The van der Waals surface area contributed by atoms with Gasteiger partial charge < -0.3 is 5.32 Å². The van der Waals surface area contributed by atoms with Gasteiger partial charge in [-0.25, -0.2) is 4.68 Å². The van der Waals surface area contributed by atoms with E-state index in [2.05, 4.69) is 29.5 Å². The molecule has 0 radical (unpaired) electrons. The van der Waals surface area contributed by atoms with E-state index in [1.807, 2.05) is 12.3 Å². The van der Waals surface area contributed by atoms with Gasteiger partial charge in [-0.15, -0.1) is 5.10 Å². The monoisotopic (exact) mass is 298 g/mol. The van der Waals surface area contributed by atoms with Crippen molar-refractivity contribution in [1.82, 2.24) is 20.3 Å². The number of hydrogen-bond donors (Lipinski definition) is 1. The van der Waals surface area contributed by atoms with Gasteiger partial charge in [0.25, 0.3) is 0 Å². The van der Waals surface area contributed by atoms with E-state index in [1.54, 1.807) is 16.8 Å². The van der Waals surface area contributed by atoms with Gasteiger partial charge in [-0.3, -0.25) is 0 Å². The normalized spacial score (nSPS) is 11.2. The lowest BCUT2D eigenvalue weighted by atomic mass is 10.2. The summed E-state index contributed by atoms with van der Waals surface area (Å²) in [5, 5.41) is 12.7. The van der Waals surface area contributed by atoms with Crippen molar-refractivity contribution in [2.75, 3.05) is 6.54 Å². The van der Waals surface area contributed by atoms with E-state index in [0.29, 0.717) is 22.5 Å². The Balaban J connectivity index is 2.08. The standard InChI is InChI=1S/C13H16Cl2N4/c1-9(2)6-16-7-11-8-19(18-17-11)13-4-3-10(14)5-12(13)15/h3-5,8-9,16H,6-7H2,1-2H3. The van der Waals surface area contributed by atoms with E-state index in [4.69, 9.17) is 23.2 Å². The summed E-state index contributed by atoms with van der Waals surface area (Å²) in [7, 11) is 0. The van der Waals surface area contributed by atoms with Gasteiger partial charge in [0, 0.05) is 11.6 Å². The maximum absolute atomic E-state index is 6.13. The van der Waals surface area contributed by atoms with Crippen molar-refractivity contribution in [3.05, 3.63) is 40.1 Å². The fourth-order valence-corrected chi connectivity index (χ4v) is 2.15. The molecular weight excluding hydrogens is 283 g/mol. The smallest absolute Gasteiger partial charge is 0.0969 e. The summed E-state index contributed by atoms with van der Waals surface area (Å²) in [6, 6.07) is 5.29. The molecule has 19 heavy (non-hydrogen) atoms. The molecule has 0 bridgehead atoms. The zero-order valence-corrected chi connectivity index (χ0v) is 12.4. The SMILES string of the molecule is CC(C)CNCc1cn(-c2ccc(Cl)cc2Cl)nn1. The highest BCUT2D eigenvalue weighted by Crippen LogP contribution is 2.23. The fourth-order valence-electron chi connectivity index (χ4n) is 1.65. The van der Waals surface area contributed by atoms with Crippen LogP contribution in [0.3, 0.4) is 0 Å². The molecule has 0 atom stereocenters. The zero-order chi connectivity index (χ0) is 13.8. The topological polar surface area (TPSA) is 42.7 Å². The van der Waals surface area contributed by atoms with Gasteiger partial charge >= 0.3 is 0 Å². The minimum atomic E-state index is 0.555. The van der Waals surface area contributed by atoms with Crippen LogP contribution in [-0.2, 0) is 6.54 Å². The lowest BCUT2D eigenvalue weighted by Gasteiger charge is -2.04. The van der Waals surface area contributed by atoms with Gasteiger partial charge in [0.2, 0.25) is 0 Å². The van der Waals surface area contributed by atoms with Crippen LogP contribution in [0.2, 0.25) is 10.0 Å². The molecule has 1 heterocycles. The highest BCUT2D eigenvalue weighted by molar-refractivity contribution is 6.35. The molecule has 0 aliphatic rings. The Bertz CT molecular complexity index is 551. The maximum atomic E-state index is 6.13. The van der Waals surface area contributed by atoms with E-state index in [9.17, 15) is 0 Å². The van der Waals surface area contributed by atoms with Gasteiger partial charge in [0.15, 0.2) is 0 Å². The van der Waals surface area contributed by atoms with Gasteiger partial charge in [0.05, 0.1) is 22.6 Å². The van der Waals surface area contributed by atoms with Crippen molar-refractivity contribution in [1.29, 1.82) is 0 Å². The molecule has 102 valence electrons. The zero-order valence-electron chi connectivity index (χ0n) is 10.9. The van der Waals surface area contributed by atoms with Crippen molar-refractivity contribution >= 4 is 23.2 Å². The van der Waals surface area contributed by atoms with Crippen molar-refractivity contribution in [2.24, 2.45) is 5.92 Å². The molecule has 2 aromatic rings. The summed E-state index contributed by atoms with van der Waals surface area (Å²) in [4.78, 5) is 0. The van der Waals surface area contributed by atoms with Crippen molar-refractivity contribution in [3.63, 3.8) is 0 Å². The first-order valence-corrected chi connectivity index (χ1v) is 6.89. The first-order valence-electron chi connectivity index (χ1n) is 6.13. The van der Waals surface area contributed by atoms with Crippen molar-refractivity contribution < 1.29 is 0 Å². The van der Waals surface area contributed by atoms with Gasteiger partial charge in [-0.05, 0) is 30.7 Å². The average molecular weight is 299 g/mol. The molecule has 0 amide bonds. The predicted octanol–water partition coefficient (Wildman–Crippen LogP) is 3.32. The van der Waals surface area contributed by atoms with E-state index in [0.717, 1.165) is 17.9 Å². The summed E-state index contributed by atoms with van der Waals surface area (Å²) in [6.45, 7) is 5.98. The van der Waals surface area contributed by atoms with Crippen LogP contribution in [0.15, 0.2) is 24.4 Å². The van der Waals surface area contributed by atoms with E-state index in [-0.39, 0.29) is 0 Å². The number of halogens is 2. The number of nitrogens with one attached hydrogen (secondary N) is 1. The third-order valence-electron chi connectivity index (χ3n) is 2.56. The molecule has 1 aromatic heterocycles. The van der Waals surface area contributed by atoms with Crippen LogP contribution >= 0.6 is 23.2 Å². The van der Waals surface area contributed by atoms with Crippen LogP contribution in [0.4, 0.5) is 0 Å². The van der Waals surface area contributed by atoms with Crippen LogP contribution in [-0.4, -0.2) is 21.5 Å². The third-order valence-corrected chi connectivity index (χ3v) is 3.09. The molecule has 0 fully saturated rings. The van der Waals surface area contributed by atoms with Crippen LogP contribution in [0.25, 0.3) is 5.69 Å². The molecule has 0 spiro atoms. The Hall–Kier alpha value is -1.10. The van der Waals surface area contributed by atoms with Crippen LogP contribution < -0.4 is 5.32 Å². The minimum Gasteiger partial charge on any atom is -0.311 e. The predicted molar refractivity (Wildman–Crippen MR) is 77.9 cm³/mol. The van der Waals surface area contributed by atoms with E-state index >= 15 is 0 Å². The lowest BCUT2D eigenvalue weighted by molar-refractivity contribution is 0.548. The summed E-state index contributed by atoms with van der Waals surface area (Å²) < 4.78 is 1.66. The second-order valence-corrected chi connectivity index (χ2v) is 5.62. The largest absolute Gasteiger partial charge is 0.311 e. The van der Waals surface area contributed by atoms with Crippen LogP contribution in [0, 0.1) is 5.92 Å². The summed E-state index contributed by atoms with van der Waals surface area (Å²) in [5.74, 6) is 0.612. The Morgan fingerprint density at radius 1 is 1.32 bits per heavy atom. The minimum absolute atomic E-state index is 0.555. The molecular formula is C13H16Cl2N4. The van der Waals surface area contributed by atoms with Crippen molar-refractivity contribution in [2.45, 2.75) is 20.4 Å². The Morgan fingerprint density at radius 3 is 2.79 bits per heavy atom. The van der Waals surface area contributed by atoms with Gasteiger partial charge in [0.1, 0.15) is 0 Å². The second-order valence-electron chi connectivity index (χ2n) is 4.77. The molecule has 1 N–H and O–H groups in total. The van der Waals surface area contributed by atoms with E-state index in [1.165, 1.54) is 0 Å². The lowest BCUT2D eigenvalue weighted by Crippen LogP contribution is -2.19. The quantitative estimate of drug-likeness (QED) is 0.921. The molecule has 2 rings (SSSR count). The highest BCUT2D eigenvalue weighted by atomic mass is 35.5. The average Bonchev–Trinajstić information content (AvgIpc) is 2.77. The molecule has 6 heteroatoms. The molecule has 4 nitrogen and oxygen atoms in total. The molecule has 0 aliphatic heterocycles. The van der Waals surface area contributed by atoms with Crippen LogP contribution in [0.5, 0.6) is 0 Å². The Kier molecular flexibility index (Phi) is 4.80. The fraction of sp³-hybridized carbons (Fsp3) is 0.385. The summed E-state index contributed by atoms with van der Waals surface area (Å²) >= 11 is 12.0. The highest BCUT2D eigenvalue weighted by Gasteiger charge is 2.07.